The highest BCUT2D eigenvalue weighted by Gasteiger charge is 2.29. The lowest BCUT2D eigenvalue weighted by molar-refractivity contribution is -0.124. The molecular weight excluding hydrogens is 373 g/mol. The van der Waals surface area contributed by atoms with Crippen LogP contribution in [0.5, 0.6) is 0 Å². The fraction of sp³-hybridized carbons (Fsp3) is 0.350. The Morgan fingerprint density at radius 3 is 2.45 bits per heavy atom. The number of hydrogen-bond acceptors (Lipinski definition) is 6. The molecule has 29 heavy (non-hydrogen) atoms. The van der Waals surface area contributed by atoms with Crippen LogP contribution in [-0.2, 0) is 16.0 Å². The monoisotopic (exact) mass is 399 g/mol. The summed E-state index contributed by atoms with van der Waals surface area (Å²) in [6.07, 6.45) is 3.25. The number of rotatable bonds is 11. The largest absolute Gasteiger partial charge is 0.475 e. The van der Waals surface area contributed by atoms with Crippen LogP contribution in [0.2, 0.25) is 0 Å². The summed E-state index contributed by atoms with van der Waals surface area (Å²) < 4.78 is 5.02. The van der Waals surface area contributed by atoms with E-state index in [1.54, 1.807) is 12.1 Å². The van der Waals surface area contributed by atoms with Gasteiger partial charge in [-0.1, -0.05) is 36.4 Å². The summed E-state index contributed by atoms with van der Waals surface area (Å²) in [7, 11) is -0.310. The van der Waals surface area contributed by atoms with Crippen molar-refractivity contribution in [2.24, 2.45) is 0 Å². The van der Waals surface area contributed by atoms with Crippen LogP contribution in [0.25, 0.3) is 0 Å². The van der Waals surface area contributed by atoms with E-state index in [-0.39, 0.29) is 12.3 Å². The number of aryl methyl sites for hydroxylation is 1. The summed E-state index contributed by atoms with van der Waals surface area (Å²) >= 11 is 0. The van der Waals surface area contributed by atoms with Gasteiger partial charge in [-0.2, -0.15) is 0 Å². The van der Waals surface area contributed by atoms with E-state index < -0.39 is 30.9 Å². The highest BCUT2D eigenvalue weighted by molar-refractivity contribution is 6.43. The zero-order valence-electron chi connectivity index (χ0n) is 16.3. The molecule has 0 aliphatic carbocycles. The third kappa shape index (κ3) is 7.65. The van der Waals surface area contributed by atoms with Crippen molar-refractivity contribution in [3.63, 3.8) is 0 Å². The molecular formula is C20H26BN3O5. The summed E-state index contributed by atoms with van der Waals surface area (Å²) in [4.78, 5) is 28.8. The van der Waals surface area contributed by atoms with Gasteiger partial charge in [0.15, 0.2) is 0 Å². The first-order chi connectivity index (χ1) is 14.0. The number of benzene rings is 1. The third-order valence-electron chi connectivity index (χ3n) is 4.36. The second-order valence-electron chi connectivity index (χ2n) is 6.60. The van der Waals surface area contributed by atoms with Gasteiger partial charge in [-0.25, -0.2) is 0 Å². The van der Waals surface area contributed by atoms with Gasteiger partial charge in [0.25, 0.3) is 5.91 Å². The van der Waals surface area contributed by atoms with Gasteiger partial charge in [-0.15, -0.1) is 0 Å². The maximum absolute atomic E-state index is 12.6. The van der Waals surface area contributed by atoms with Gasteiger partial charge in [0.2, 0.25) is 5.91 Å². The molecule has 0 aliphatic rings. The average Bonchev–Trinajstić information content (AvgIpc) is 2.73. The number of amides is 2. The van der Waals surface area contributed by atoms with Crippen molar-refractivity contribution in [1.29, 1.82) is 0 Å². The van der Waals surface area contributed by atoms with Crippen LogP contribution in [-0.4, -0.2) is 59.7 Å². The Hall–Kier alpha value is -2.75. The van der Waals surface area contributed by atoms with Crippen molar-refractivity contribution in [3.8, 4) is 0 Å². The molecule has 2 atom stereocenters. The molecule has 2 rings (SSSR count). The molecule has 8 nitrogen and oxygen atoms in total. The molecule has 2 aromatic rings. The molecule has 0 fully saturated rings. The van der Waals surface area contributed by atoms with E-state index in [0.29, 0.717) is 12.8 Å². The van der Waals surface area contributed by atoms with Crippen molar-refractivity contribution in [2.45, 2.75) is 31.2 Å². The second-order valence-corrected chi connectivity index (χ2v) is 6.60. The van der Waals surface area contributed by atoms with Crippen molar-refractivity contribution >= 4 is 18.9 Å². The number of carbonyl (C=O) groups excluding carboxylic acids is 2. The van der Waals surface area contributed by atoms with Crippen LogP contribution in [0, 0.1) is 0 Å². The zero-order chi connectivity index (χ0) is 21.1. The predicted octanol–water partition coefficient (Wildman–Crippen LogP) is 0.346. The Balaban J connectivity index is 1.92. The number of methoxy groups -OCH3 is 1. The van der Waals surface area contributed by atoms with E-state index in [1.165, 1.54) is 19.4 Å². The molecule has 0 spiro atoms. The molecule has 154 valence electrons. The average molecular weight is 399 g/mol. The summed E-state index contributed by atoms with van der Waals surface area (Å²) in [5, 5.41) is 24.4. The Kier molecular flexibility index (Phi) is 9.29. The first-order valence-electron chi connectivity index (χ1n) is 9.42. The lowest BCUT2D eigenvalue weighted by Crippen LogP contribution is -2.55. The molecule has 1 heterocycles. The number of nitrogens with zero attached hydrogens (tertiary/aromatic N) is 1. The van der Waals surface area contributed by atoms with Crippen LogP contribution in [0.3, 0.4) is 0 Å². The van der Waals surface area contributed by atoms with Crippen LogP contribution in [0.15, 0.2) is 54.7 Å². The van der Waals surface area contributed by atoms with Crippen LogP contribution in [0.1, 0.15) is 28.9 Å². The van der Waals surface area contributed by atoms with Crippen molar-refractivity contribution in [1.82, 2.24) is 15.6 Å². The quantitative estimate of drug-likeness (QED) is 0.405. The van der Waals surface area contributed by atoms with Gasteiger partial charge in [-0.05, 0) is 37.0 Å². The lowest BCUT2D eigenvalue weighted by Gasteiger charge is -2.22. The summed E-state index contributed by atoms with van der Waals surface area (Å²) in [5.74, 6) is -1.95. The fourth-order valence-electron chi connectivity index (χ4n) is 2.83. The molecule has 0 radical (unpaired) electrons. The molecule has 0 bridgehead atoms. The number of carbonyl (C=O) groups is 2. The highest BCUT2D eigenvalue weighted by atomic mass is 16.5. The van der Waals surface area contributed by atoms with Crippen molar-refractivity contribution < 1.29 is 24.4 Å². The third-order valence-corrected chi connectivity index (χ3v) is 4.36. The molecule has 4 N–H and O–H groups in total. The summed E-state index contributed by atoms with van der Waals surface area (Å²) in [6.45, 7) is -0.0668. The molecule has 0 aliphatic heterocycles. The van der Waals surface area contributed by atoms with E-state index in [9.17, 15) is 19.6 Å². The van der Waals surface area contributed by atoms with E-state index >= 15 is 0 Å². The zero-order valence-corrected chi connectivity index (χ0v) is 16.3. The van der Waals surface area contributed by atoms with Crippen LogP contribution >= 0.6 is 0 Å². The minimum absolute atomic E-state index is 0.0668. The number of hydrogen-bond donors (Lipinski definition) is 4. The van der Waals surface area contributed by atoms with E-state index in [4.69, 9.17) is 4.74 Å². The first kappa shape index (κ1) is 22.5. The normalized spacial score (nSPS) is 12.7. The molecule has 0 saturated heterocycles. The molecule has 1 aromatic heterocycles. The Morgan fingerprint density at radius 2 is 1.83 bits per heavy atom. The molecule has 1 unspecified atom stereocenters. The van der Waals surface area contributed by atoms with Gasteiger partial charge in [-0.3, -0.25) is 14.6 Å². The standard InChI is InChI=1S/C20H26BN3O5/c1-29-14-17(23-19(25)16-11-5-6-13-22-16)20(26)24-18(21(27)28)12-7-10-15-8-3-2-4-9-15/h2-6,8-9,11,13,17-18,27-28H,7,10,12,14H2,1H3,(H,23,25)(H,24,26)/t17?,18-/m0/s1. The maximum atomic E-state index is 12.6. The van der Waals surface area contributed by atoms with E-state index in [1.807, 2.05) is 30.3 Å². The van der Waals surface area contributed by atoms with Gasteiger partial charge >= 0.3 is 7.12 Å². The van der Waals surface area contributed by atoms with Gasteiger partial charge < -0.3 is 25.4 Å². The lowest BCUT2D eigenvalue weighted by atomic mass is 9.76. The minimum atomic E-state index is -1.72. The van der Waals surface area contributed by atoms with Crippen molar-refractivity contribution in [2.75, 3.05) is 13.7 Å². The predicted molar refractivity (Wildman–Crippen MR) is 109 cm³/mol. The molecule has 9 heteroatoms. The Morgan fingerprint density at radius 1 is 1.10 bits per heavy atom. The van der Waals surface area contributed by atoms with E-state index in [2.05, 4.69) is 15.6 Å². The number of nitrogens with one attached hydrogen (secondary N) is 2. The summed E-state index contributed by atoms with van der Waals surface area (Å²) in [6, 6.07) is 13.7. The van der Waals surface area contributed by atoms with Crippen LogP contribution in [0.4, 0.5) is 0 Å². The van der Waals surface area contributed by atoms with Gasteiger partial charge in [0, 0.05) is 13.3 Å². The SMILES string of the molecule is COCC(NC(=O)c1ccccn1)C(=O)N[C@@H](CCCc1ccccc1)B(O)O. The second kappa shape index (κ2) is 12.0. The molecule has 2 amide bonds. The molecule has 0 saturated carbocycles. The molecule has 1 aromatic carbocycles. The number of pyridine rings is 1. The van der Waals surface area contributed by atoms with Crippen molar-refractivity contribution in [3.05, 3.63) is 66.0 Å². The smallest absolute Gasteiger partial charge is 0.426 e. The first-order valence-corrected chi connectivity index (χ1v) is 9.42. The fourth-order valence-corrected chi connectivity index (χ4v) is 2.83. The maximum Gasteiger partial charge on any atom is 0.475 e. The Bertz CT molecular complexity index is 761. The Labute approximate surface area is 170 Å². The number of ether oxygens (including phenoxy) is 1. The number of aromatic nitrogens is 1. The minimum Gasteiger partial charge on any atom is -0.426 e. The van der Waals surface area contributed by atoms with Gasteiger partial charge in [0.1, 0.15) is 11.7 Å². The van der Waals surface area contributed by atoms with Gasteiger partial charge in [0.05, 0.1) is 12.5 Å². The highest BCUT2D eigenvalue weighted by Crippen LogP contribution is 2.08. The topological polar surface area (TPSA) is 121 Å². The van der Waals surface area contributed by atoms with E-state index in [0.717, 1.165) is 12.0 Å². The van der Waals surface area contributed by atoms with Crippen LogP contribution < -0.4 is 10.6 Å². The summed E-state index contributed by atoms with van der Waals surface area (Å²) in [5.41, 5.74) is 1.30.